The minimum absolute atomic E-state index is 0.524. The molecule has 140 valence electrons. The molecule has 0 spiro atoms. The van der Waals surface area contributed by atoms with Gasteiger partial charge in [0.1, 0.15) is 5.15 Å². The number of hydrogen-bond acceptors (Lipinski definition) is 3. The number of guanidine groups is 1. The Labute approximate surface area is 161 Å². The molecule has 26 heavy (non-hydrogen) atoms. The maximum Gasteiger partial charge on any atom is 0.191 e. The Morgan fingerprint density at radius 3 is 2.62 bits per heavy atom. The van der Waals surface area contributed by atoms with Crippen LogP contribution in [-0.4, -0.2) is 49.1 Å². The molecule has 5 nitrogen and oxygen atoms in total. The van der Waals surface area contributed by atoms with Gasteiger partial charge in [0.05, 0.1) is 6.54 Å². The van der Waals surface area contributed by atoms with Crippen LogP contribution in [-0.2, 0) is 13.0 Å². The van der Waals surface area contributed by atoms with Gasteiger partial charge < -0.3 is 15.5 Å². The number of likely N-dealkylation sites (N-methyl/N-ethyl adjacent to an activating group) is 1. The Bertz CT molecular complexity index is 658. The summed E-state index contributed by atoms with van der Waals surface area (Å²) in [5, 5.41) is 7.18. The summed E-state index contributed by atoms with van der Waals surface area (Å²) in [6.45, 7) is 6.31. The third-order valence-corrected chi connectivity index (χ3v) is 4.11. The average molecular weight is 374 g/mol. The predicted octanol–water partition coefficient (Wildman–Crippen LogP) is 2.96. The Kier molecular flexibility index (Phi) is 8.93. The highest BCUT2D eigenvalue weighted by Gasteiger charge is 2.01. The van der Waals surface area contributed by atoms with Crippen LogP contribution in [0.3, 0.4) is 0 Å². The highest BCUT2D eigenvalue weighted by Crippen LogP contribution is 2.05. The number of nitrogens with one attached hydrogen (secondary N) is 2. The van der Waals surface area contributed by atoms with Crippen LogP contribution in [0.4, 0.5) is 0 Å². The Morgan fingerprint density at radius 2 is 1.92 bits per heavy atom. The zero-order valence-electron chi connectivity index (χ0n) is 15.6. The van der Waals surface area contributed by atoms with E-state index in [-0.39, 0.29) is 0 Å². The second kappa shape index (κ2) is 11.5. The smallest absolute Gasteiger partial charge is 0.191 e. The first-order valence-corrected chi connectivity index (χ1v) is 9.40. The van der Waals surface area contributed by atoms with Crippen LogP contribution in [0.2, 0.25) is 5.15 Å². The van der Waals surface area contributed by atoms with Gasteiger partial charge in [0.25, 0.3) is 0 Å². The van der Waals surface area contributed by atoms with E-state index in [0.29, 0.717) is 5.15 Å². The van der Waals surface area contributed by atoms with E-state index in [1.54, 1.807) is 0 Å². The van der Waals surface area contributed by atoms with Gasteiger partial charge in [0.2, 0.25) is 0 Å². The predicted molar refractivity (Wildman–Crippen MR) is 110 cm³/mol. The number of halogens is 1. The molecule has 2 aromatic rings. The molecule has 0 bridgehead atoms. The van der Waals surface area contributed by atoms with Crippen LogP contribution < -0.4 is 10.6 Å². The van der Waals surface area contributed by atoms with Crippen molar-refractivity contribution in [1.29, 1.82) is 0 Å². The summed E-state index contributed by atoms with van der Waals surface area (Å²) in [5.41, 5.74) is 2.47. The molecule has 0 radical (unpaired) electrons. The summed E-state index contributed by atoms with van der Waals surface area (Å²) in [7, 11) is 2.12. The summed E-state index contributed by atoms with van der Waals surface area (Å²) >= 11 is 5.81. The summed E-state index contributed by atoms with van der Waals surface area (Å²) < 4.78 is 0. The fourth-order valence-corrected chi connectivity index (χ4v) is 2.64. The molecule has 2 N–H and O–H groups in total. The highest BCUT2D eigenvalue weighted by atomic mass is 35.5. The lowest BCUT2D eigenvalue weighted by molar-refractivity contribution is 0.336. The van der Waals surface area contributed by atoms with Crippen molar-refractivity contribution in [3.05, 3.63) is 64.9 Å². The third kappa shape index (κ3) is 7.85. The number of benzene rings is 1. The number of aliphatic imine (C=N–C) groups is 1. The fraction of sp³-hybridized carbons (Fsp3) is 0.400. The zero-order chi connectivity index (χ0) is 18.6. The molecule has 1 aromatic carbocycles. The first kappa shape index (κ1) is 20.2. The van der Waals surface area contributed by atoms with E-state index < -0.39 is 0 Å². The molecule has 0 unspecified atom stereocenters. The lowest BCUT2D eigenvalue weighted by Crippen LogP contribution is -2.38. The summed E-state index contributed by atoms with van der Waals surface area (Å²) in [5.74, 6) is 0.850. The van der Waals surface area contributed by atoms with Crippen molar-refractivity contribution >= 4 is 17.6 Å². The zero-order valence-corrected chi connectivity index (χ0v) is 16.3. The molecule has 0 aliphatic rings. The van der Waals surface area contributed by atoms with Crippen LogP contribution in [0, 0.1) is 0 Å². The van der Waals surface area contributed by atoms with Gasteiger partial charge in [-0.2, -0.15) is 0 Å². The Morgan fingerprint density at radius 1 is 1.12 bits per heavy atom. The first-order valence-electron chi connectivity index (χ1n) is 9.02. The second-order valence-electron chi connectivity index (χ2n) is 6.15. The Hall–Kier alpha value is -2.11. The van der Waals surface area contributed by atoms with E-state index >= 15 is 0 Å². The number of nitrogens with zero attached hydrogens (tertiary/aromatic N) is 3. The van der Waals surface area contributed by atoms with E-state index in [4.69, 9.17) is 11.6 Å². The molecule has 6 heteroatoms. The van der Waals surface area contributed by atoms with Gasteiger partial charge in [-0.25, -0.2) is 4.98 Å². The largest absolute Gasteiger partial charge is 0.357 e. The molecular weight excluding hydrogens is 346 g/mol. The summed E-state index contributed by atoms with van der Waals surface area (Å²) in [6.07, 6.45) is 2.69. The van der Waals surface area contributed by atoms with Crippen molar-refractivity contribution in [3.63, 3.8) is 0 Å². The highest BCUT2D eigenvalue weighted by molar-refractivity contribution is 6.29. The van der Waals surface area contributed by atoms with Crippen LogP contribution >= 0.6 is 11.6 Å². The number of pyridine rings is 1. The van der Waals surface area contributed by atoms with Crippen LogP contribution in [0.1, 0.15) is 18.1 Å². The lowest BCUT2D eigenvalue weighted by Gasteiger charge is -2.16. The van der Waals surface area contributed by atoms with Gasteiger partial charge in [-0.3, -0.25) is 4.99 Å². The molecule has 0 atom stereocenters. The number of hydrogen-bond donors (Lipinski definition) is 2. The van der Waals surface area contributed by atoms with Crippen LogP contribution in [0.15, 0.2) is 53.7 Å². The molecule has 0 saturated heterocycles. The molecule has 0 saturated carbocycles. The van der Waals surface area contributed by atoms with E-state index in [0.717, 1.165) is 50.7 Å². The fourth-order valence-electron chi connectivity index (χ4n) is 2.53. The first-order chi connectivity index (χ1) is 12.7. The van der Waals surface area contributed by atoms with Crippen LogP contribution in [0.5, 0.6) is 0 Å². The molecular formula is C20H28ClN5. The average Bonchev–Trinajstić information content (AvgIpc) is 2.64. The van der Waals surface area contributed by atoms with Gasteiger partial charge >= 0.3 is 0 Å². The van der Waals surface area contributed by atoms with Crippen molar-refractivity contribution in [2.24, 2.45) is 4.99 Å². The minimum atomic E-state index is 0.524. The number of aromatic nitrogens is 1. The molecule has 0 amide bonds. The maximum atomic E-state index is 5.81. The van der Waals surface area contributed by atoms with Gasteiger partial charge in [0, 0.05) is 32.4 Å². The SMILES string of the molecule is CCNC(=NCCN(C)Cc1ccccc1)NCCc1ccc(Cl)nc1. The lowest BCUT2D eigenvalue weighted by atomic mass is 10.2. The summed E-state index contributed by atoms with van der Waals surface area (Å²) in [4.78, 5) is 11.0. The van der Waals surface area contributed by atoms with Gasteiger partial charge in [-0.15, -0.1) is 0 Å². The van der Waals surface area contributed by atoms with Crippen molar-refractivity contribution in [2.45, 2.75) is 19.9 Å². The molecule has 1 aromatic heterocycles. The standard InChI is InChI=1S/C20H28ClN5/c1-3-22-20(23-12-11-17-9-10-19(21)25-15-17)24-13-14-26(2)16-18-7-5-4-6-8-18/h4-10,15H,3,11-14,16H2,1-2H3,(H2,22,23,24). The summed E-state index contributed by atoms with van der Waals surface area (Å²) in [6, 6.07) is 14.3. The van der Waals surface area contributed by atoms with E-state index in [1.165, 1.54) is 5.56 Å². The van der Waals surface area contributed by atoms with Gasteiger partial charge in [-0.1, -0.05) is 48.0 Å². The van der Waals surface area contributed by atoms with Gasteiger partial charge in [0.15, 0.2) is 5.96 Å². The quantitative estimate of drug-likeness (QED) is 0.403. The third-order valence-electron chi connectivity index (χ3n) is 3.89. The van der Waals surface area contributed by atoms with Gasteiger partial charge in [-0.05, 0) is 37.6 Å². The number of rotatable bonds is 9. The van der Waals surface area contributed by atoms with E-state index in [1.807, 2.05) is 24.4 Å². The van der Waals surface area contributed by atoms with Crippen molar-refractivity contribution < 1.29 is 0 Å². The molecule has 0 aliphatic heterocycles. The monoisotopic (exact) mass is 373 g/mol. The van der Waals surface area contributed by atoms with Crippen molar-refractivity contribution in [2.75, 3.05) is 33.2 Å². The normalized spacial score (nSPS) is 11.6. The minimum Gasteiger partial charge on any atom is -0.357 e. The maximum absolute atomic E-state index is 5.81. The van der Waals surface area contributed by atoms with Crippen molar-refractivity contribution in [1.82, 2.24) is 20.5 Å². The van der Waals surface area contributed by atoms with E-state index in [2.05, 4.69) is 63.7 Å². The molecule has 0 fully saturated rings. The Balaban J connectivity index is 1.73. The molecule has 2 rings (SSSR count). The van der Waals surface area contributed by atoms with Crippen LogP contribution in [0.25, 0.3) is 0 Å². The molecule has 0 aliphatic carbocycles. The molecule has 1 heterocycles. The topological polar surface area (TPSA) is 52.6 Å². The van der Waals surface area contributed by atoms with Crippen molar-refractivity contribution in [3.8, 4) is 0 Å². The second-order valence-corrected chi connectivity index (χ2v) is 6.54. The van der Waals surface area contributed by atoms with E-state index in [9.17, 15) is 0 Å².